The molecule has 0 aliphatic carbocycles. The minimum Gasteiger partial charge on any atom is -0.494 e. The van der Waals surface area contributed by atoms with Crippen molar-refractivity contribution in [1.82, 2.24) is 10.2 Å². The van der Waals surface area contributed by atoms with Gasteiger partial charge in [0.05, 0.1) is 17.2 Å². The van der Waals surface area contributed by atoms with Crippen LogP contribution in [0.4, 0.5) is 5.69 Å². The maximum absolute atomic E-state index is 14.1. The van der Waals surface area contributed by atoms with Crippen LogP contribution in [-0.2, 0) is 26.0 Å². The number of nitrogens with zero attached hydrogens (tertiary/aromatic N) is 2. The monoisotopic (exact) mass is 579 g/mol. The zero-order chi connectivity index (χ0) is 29.8. The fourth-order valence-corrected chi connectivity index (χ4v) is 5.90. The normalized spacial score (nSPS) is 12.7. The number of nitrogens with one attached hydrogen (secondary N) is 1. The Morgan fingerprint density at radius 3 is 2.02 bits per heavy atom. The van der Waals surface area contributed by atoms with Crippen molar-refractivity contribution < 1.29 is 22.7 Å². The smallest absolute Gasteiger partial charge is 0.264 e. The summed E-state index contributed by atoms with van der Waals surface area (Å²) in [5.41, 5.74) is 1.34. The van der Waals surface area contributed by atoms with Gasteiger partial charge in [-0.1, -0.05) is 62.4 Å². The number of sulfonamides is 1. The minimum atomic E-state index is -4.11. The van der Waals surface area contributed by atoms with Crippen molar-refractivity contribution in [2.45, 2.75) is 63.9 Å². The number of hydrogen-bond acceptors (Lipinski definition) is 5. The van der Waals surface area contributed by atoms with E-state index < -0.39 is 28.5 Å². The second-order valence-corrected chi connectivity index (χ2v) is 11.7. The number of carbonyl (C=O) groups excluding carboxylic acids is 2. The fraction of sp³-hybridized carbons (Fsp3) is 0.375. The molecule has 2 unspecified atom stereocenters. The maximum Gasteiger partial charge on any atom is 0.264 e. The van der Waals surface area contributed by atoms with E-state index in [-0.39, 0.29) is 23.4 Å². The van der Waals surface area contributed by atoms with E-state index in [0.29, 0.717) is 30.9 Å². The molecule has 0 spiro atoms. The molecule has 41 heavy (non-hydrogen) atoms. The summed E-state index contributed by atoms with van der Waals surface area (Å²) in [6.45, 7) is 7.88. The lowest BCUT2D eigenvalue weighted by atomic mass is 10.1. The molecule has 0 heterocycles. The minimum absolute atomic E-state index is 0.0542. The van der Waals surface area contributed by atoms with Crippen LogP contribution in [0.1, 0.15) is 46.1 Å². The summed E-state index contributed by atoms with van der Waals surface area (Å²) >= 11 is 0. The molecule has 0 aromatic heterocycles. The van der Waals surface area contributed by atoms with Gasteiger partial charge in [0.25, 0.3) is 10.0 Å². The van der Waals surface area contributed by atoms with Crippen molar-refractivity contribution in [2.24, 2.45) is 0 Å². The van der Waals surface area contributed by atoms with Crippen LogP contribution < -0.4 is 14.4 Å². The highest BCUT2D eigenvalue weighted by atomic mass is 32.2. The van der Waals surface area contributed by atoms with E-state index in [1.165, 1.54) is 17.0 Å². The van der Waals surface area contributed by atoms with Gasteiger partial charge in [-0.3, -0.25) is 13.9 Å². The highest BCUT2D eigenvalue weighted by Crippen LogP contribution is 2.26. The molecule has 8 nitrogen and oxygen atoms in total. The summed E-state index contributed by atoms with van der Waals surface area (Å²) < 4.78 is 34.4. The van der Waals surface area contributed by atoms with Crippen LogP contribution in [0.3, 0.4) is 0 Å². The van der Waals surface area contributed by atoms with E-state index in [4.69, 9.17) is 4.74 Å². The number of anilines is 1. The predicted molar refractivity (Wildman–Crippen MR) is 162 cm³/mol. The van der Waals surface area contributed by atoms with Gasteiger partial charge in [-0.05, 0) is 75.1 Å². The molecule has 0 radical (unpaired) electrons. The van der Waals surface area contributed by atoms with Gasteiger partial charge in [0.2, 0.25) is 11.8 Å². The summed E-state index contributed by atoms with van der Waals surface area (Å²) in [5.74, 6) is -0.112. The molecule has 0 aliphatic rings. The molecule has 0 bridgehead atoms. The number of amides is 2. The van der Waals surface area contributed by atoms with Crippen molar-refractivity contribution in [3.8, 4) is 5.75 Å². The summed E-state index contributed by atoms with van der Waals surface area (Å²) in [6.07, 6.45) is 1.66. The van der Waals surface area contributed by atoms with Gasteiger partial charge in [0, 0.05) is 12.6 Å². The first-order chi connectivity index (χ1) is 19.7. The lowest BCUT2D eigenvalue weighted by Crippen LogP contribution is -2.54. The molecule has 9 heteroatoms. The van der Waals surface area contributed by atoms with Crippen molar-refractivity contribution in [2.75, 3.05) is 24.0 Å². The van der Waals surface area contributed by atoms with E-state index >= 15 is 0 Å². The standard InChI is InChI=1S/C32H41N3O5S/c1-5-25(4)33-32(37)30(6-2)34(23-22-26-14-10-8-11-15-26)31(36)24-35(27-18-20-28(21-19-27)40-7-3)41(38,39)29-16-12-9-13-17-29/h8-21,25,30H,5-7,22-24H2,1-4H3,(H,33,37). The molecule has 0 saturated carbocycles. The van der Waals surface area contributed by atoms with Crippen LogP contribution in [0.5, 0.6) is 5.75 Å². The van der Waals surface area contributed by atoms with E-state index in [1.54, 1.807) is 42.5 Å². The van der Waals surface area contributed by atoms with Gasteiger partial charge in [-0.15, -0.1) is 0 Å². The summed E-state index contributed by atoms with van der Waals surface area (Å²) in [6, 6.07) is 23.5. The van der Waals surface area contributed by atoms with Gasteiger partial charge in [-0.25, -0.2) is 8.42 Å². The lowest BCUT2D eigenvalue weighted by Gasteiger charge is -2.33. The molecule has 3 aromatic rings. The van der Waals surface area contributed by atoms with Crippen LogP contribution in [0.15, 0.2) is 89.8 Å². The van der Waals surface area contributed by atoms with Gasteiger partial charge >= 0.3 is 0 Å². The van der Waals surface area contributed by atoms with Gasteiger partial charge < -0.3 is 15.0 Å². The number of rotatable bonds is 15. The summed E-state index contributed by atoms with van der Waals surface area (Å²) in [5, 5.41) is 2.99. The van der Waals surface area contributed by atoms with Crippen LogP contribution in [0.25, 0.3) is 0 Å². The molecule has 2 atom stereocenters. The second kappa shape index (κ2) is 15.2. The van der Waals surface area contributed by atoms with Gasteiger partial charge in [0.15, 0.2) is 0 Å². The maximum atomic E-state index is 14.1. The summed E-state index contributed by atoms with van der Waals surface area (Å²) in [7, 11) is -4.11. The Kier molecular flexibility index (Phi) is 11.8. The van der Waals surface area contributed by atoms with Crippen molar-refractivity contribution in [1.29, 1.82) is 0 Å². The third-order valence-corrected chi connectivity index (χ3v) is 8.71. The Morgan fingerprint density at radius 1 is 0.854 bits per heavy atom. The second-order valence-electron chi connectivity index (χ2n) is 9.82. The Morgan fingerprint density at radius 2 is 1.46 bits per heavy atom. The molecular weight excluding hydrogens is 538 g/mol. The highest BCUT2D eigenvalue weighted by Gasteiger charge is 2.33. The van der Waals surface area contributed by atoms with Crippen molar-refractivity contribution in [3.05, 3.63) is 90.5 Å². The van der Waals surface area contributed by atoms with E-state index in [9.17, 15) is 18.0 Å². The number of hydrogen-bond donors (Lipinski definition) is 1. The van der Waals surface area contributed by atoms with Crippen LogP contribution in [0, 0.1) is 0 Å². The highest BCUT2D eigenvalue weighted by molar-refractivity contribution is 7.92. The predicted octanol–water partition coefficient (Wildman–Crippen LogP) is 5.05. The first-order valence-electron chi connectivity index (χ1n) is 14.2. The lowest BCUT2D eigenvalue weighted by molar-refractivity contribution is -0.139. The molecule has 3 rings (SSSR count). The van der Waals surface area contributed by atoms with Crippen molar-refractivity contribution in [3.63, 3.8) is 0 Å². The van der Waals surface area contributed by atoms with E-state index in [0.717, 1.165) is 16.3 Å². The first kappa shape index (κ1) is 31.7. The fourth-order valence-electron chi connectivity index (χ4n) is 4.46. The first-order valence-corrected chi connectivity index (χ1v) is 15.6. The Balaban J connectivity index is 2.00. The molecule has 3 aromatic carbocycles. The molecule has 0 fully saturated rings. The molecule has 2 amide bonds. The number of ether oxygens (including phenoxy) is 1. The van der Waals surface area contributed by atoms with E-state index in [1.807, 2.05) is 58.0 Å². The molecule has 0 saturated heterocycles. The topological polar surface area (TPSA) is 96.0 Å². The average Bonchev–Trinajstić information content (AvgIpc) is 2.99. The quantitative estimate of drug-likeness (QED) is 0.272. The molecule has 220 valence electrons. The van der Waals surface area contributed by atoms with E-state index in [2.05, 4.69) is 5.32 Å². The Labute approximate surface area is 244 Å². The average molecular weight is 580 g/mol. The third-order valence-electron chi connectivity index (χ3n) is 6.92. The van der Waals surface area contributed by atoms with Gasteiger partial charge in [0.1, 0.15) is 18.3 Å². The van der Waals surface area contributed by atoms with Crippen molar-refractivity contribution >= 4 is 27.5 Å². The third kappa shape index (κ3) is 8.57. The SMILES string of the molecule is CCOc1ccc(N(CC(=O)N(CCc2ccccc2)C(CC)C(=O)NC(C)CC)S(=O)(=O)c2ccccc2)cc1. The number of carbonyl (C=O) groups is 2. The number of benzene rings is 3. The Bertz CT molecular complexity index is 1350. The van der Waals surface area contributed by atoms with Gasteiger partial charge in [-0.2, -0.15) is 0 Å². The van der Waals surface area contributed by atoms with Crippen LogP contribution in [-0.4, -0.2) is 56.9 Å². The van der Waals surface area contributed by atoms with Crippen LogP contribution >= 0.6 is 0 Å². The molecule has 0 aliphatic heterocycles. The van der Waals surface area contributed by atoms with Crippen LogP contribution in [0.2, 0.25) is 0 Å². The largest absolute Gasteiger partial charge is 0.494 e. The zero-order valence-electron chi connectivity index (χ0n) is 24.3. The Hall–Kier alpha value is -3.85. The molecule has 1 N–H and O–H groups in total. The summed E-state index contributed by atoms with van der Waals surface area (Å²) in [4.78, 5) is 29.0. The zero-order valence-corrected chi connectivity index (χ0v) is 25.1. The molecular formula is C32H41N3O5S.